The third kappa shape index (κ3) is 2.76. The van der Waals surface area contributed by atoms with Gasteiger partial charge in [-0.05, 0) is 6.92 Å². The van der Waals surface area contributed by atoms with Crippen LogP contribution in [-0.2, 0) is 14.3 Å². The van der Waals surface area contributed by atoms with Crippen LogP contribution in [0.5, 0.6) is 11.5 Å². The highest BCUT2D eigenvalue weighted by molar-refractivity contribution is 6.32. The van der Waals surface area contributed by atoms with Crippen molar-refractivity contribution in [2.75, 3.05) is 0 Å². The highest BCUT2D eigenvalue weighted by Gasteiger charge is 2.45. The molecule has 0 saturated carbocycles. The van der Waals surface area contributed by atoms with Crippen LogP contribution in [0.4, 0.5) is 0 Å². The Labute approximate surface area is 164 Å². The summed E-state index contributed by atoms with van der Waals surface area (Å²) < 4.78 is 10.4. The van der Waals surface area contributed by atoms with E-state index in [4.69, 9.17) is 9.47 Å². The minimum absolute atomic E-state index is 0.0965. The average Bonchev–Trinajstić information content (AvgIpc) is 2.67. The van der Waals surface area contributed by atoms with E-state index >= 15 is 0 Å². The standard InChI is InChI=1S/C21H16O8/c1-8(22)13-7-12-14(21(27)29-13)19(26)16-15(18(12)25)17(24)10-5-3-4-6-11(10)20(16)28-9(2)23/h3-6,13,21,24,27H,7H2,1-2H3/t13-,21-/m1/s1. The minimum Gasteiger partial charge on any atom is -0.506 e. The molecule has 2 aromatic carbocycles. The average molecular weight is 396 g/mol. The lowest BCUT2D eigenvalue weighted by molar-refractivity contribution is -0.150. The number of aliphatic hydroxyl groups is 1. The maximum Gasteiger partial charge on any atom is 0.308 e. The molecule has 0 amide bonds. The quantitative estimate of drug-likeness (QED) is 0.582. The van der Waals surface area contributed by atoms with Gasteiger partial charge in [-0.15, -0.1) is 0 Å². The van der Waals surface area contributed by atoms with Crippen molar-refractivity contribution in [2.45, 2.75) is 32.7 Å². The molecule has 8 heteroatoms. The third-order valence-corrected chi connectivity index (χ3v) is 5.07. The number of hydrogen-bond donors (Lipinski definition) is 2. The van der Waals surface area contributed by atoms with Crippen LogP contribution in [0.2, 0.25) is 0 Å². The van der Waals surface area contributed by atoms with Crippen molar-refractivity contribution < 1.29 is 38.9 Å². The van der Waals surface area contributed by atoms with Crippen LogP contribution >= 0.6 is 0 Å². The first-order valence-corrected chi connectivity index (χ1v) is 8.84. The molecule has 0 aromatic heterocycles. The molecule has 0 fully saturated rings. The second-order valence-electron chi connectivity index (χ2n) is 6.91. The summed E-state index contributed by atoms with van der Waals surface area (Å²) in [7, 11) is 0. The summed E-state index contributed by atoms with van der Waals surface area (Å²) in [6, 6.07) is 6.30. The fraction of sp³-hybridized carbons (Fsp3) is 0.238. The van der Waals surface area contributed by atoms with E-state index in [-0.39, 0.29) is 45.2 Å². The predicted molar refractivity (Wildman–Crippen MR) is 98.8 cm³/mol. The van der Waals surface area contributed by atoms with Crippen molar-refractivity contribution in [3.63, 3.8) is 0 Å². The summed E-state index contributed by atoms with van der Waals surface area (Å²) in [5.74, 6) is -3.27. The zero-order valence-corrected chi connectivity index (χ0v) is 15.5. The van der Waals surface area contributed by atoms with E-state index < -0.39 is 41.5 Å². The van der Waals surface area contributed by atoms with Gasteiger partial charge in [0.05, 0.1) is 16.7 Å². The van der Waals surface area contributed by atoms with E-state index in [1.165, 1.54) is 19.1 Å². The zero-order chi connectivity index (χ0) is 21.0. The molecule has 0 unspecified atom stereocenters. The Balaban J connectivity index is 2.04. The monoisotopic (exact) mass is 396 g/mol. The smallest absolute Gasteiger partial charge is 0.308 e. The Morgan fingerprint density at radius 3 is 2.34 bits per heavy atom. The van der Waals surface area contributed by atoms with E-state index in [0.717, 1.165) is 6.92 Å². The number of Topliss-reactive ketones (excluding diaryl/α,β-unsaturated/α-hetero) is 3. The summed E-state index contributed by atoms with van der Waals surface area (Å²) in [5.41, 5.74) is -1.05. The lowest BCUT2D eigenvalue weighted by Crippen LogP contribution is -2.41. The van der Waals surface area contributed by atoms with Gasteiger partial charge in [0.25, 0.3) is 0 Å². The number of ketones is 3. The molecule has 29 heavy (non-hydrogen) atoms. The second kappa shape index (κ2) is 6.61. The largest absolute Gasteiger partial charge is 0.506 e. The second-order valence-corrected chi connectivity index (χ2v) is 6.91. The van der Waals surface area contributed by atoms with Gasteiger partial charge in [0.1, 0.15) is 11.9 Å². The number of hydrogen-bond acceptors (Lipinski definition) is 8. The first-order valence-electron chi connectivity index (χ1n) is 8.84. The van der Waals surface area contributed by atoms with Gasteiger partial charge in [-0.1, -0.05) is 24.3 Å². The van der Waals surface area contributed by atoms with Crippen LogP contribution in [0, 0.1) is 0 Å². The number of carbonyl (C=O) groups is 4. The molecule has 1 heterocycles. The normalized spacial score (nSPS) is 21.1. The first-order chi connectivity index (χ1) is 13.7. The molecule has 8 nitrogen and oxygen atoms in total. The number of carbonyl (C=O) groups excluding carboxylic acids is 4. The Morgan fingerprint density at radius 2 is 1.72 bits per heavy atom. The van der Waals surface area contributed by atoms with E-state index in [1.54, 1.807) is 12.1 Å². The molecule has 2 atom stereocenters. The van der Waals surface area contributed by atoms with Crippen molar-refractivity contribution in [3.8, 4) is 11.5 Å². The van der Waals surface area contributed by atoms with Crippen LogP contribution in [-0.4, -0.2) is 45.9 Å². The molecular weight excluding hydrogens is 380 g/mol. The molecule has 2 N–H and O–H groups in total. The van der Waals surface area contributed by atoms with Crippen LogP contribution in [0.15, 0.2) is 35.4 Å². The van der Waals surface area contributed by atoms with E-state index in [2.05, 4.69) is 0 Å². The number of ether oxygens (including phenoxy) is 2. The minimum atomic E-state index is -1.80. The number of rotatable bonds is 2. The van der Waals surface area contributed by atoms with Gasteiger partial charge >= 0.3 is 5.97 Å². The summed E-state index contributed by atoms with van der Waals surface area (Å²) in [6.07, 6.45) is -3.09. The summed E-state index contributed by atoms with van der Waals surface area (Å²) in [5, 5.41) is 21.6. The molecule has 0 bridgehead atoms. The van der Waals surface area contributed by atoms with Crippen LogP contribution in [0.3, 0.4) is 0 Å². The number of esters is 1. The number of benzene rings is 2. The van der Waals surface area contributed by atoms with Crippen molar-refractivity contribution in [1.82, 2.24) is 0 Å². The molecule has 1 aliphatic carbocycles. The number of fused-ring (bicyclic) bond motifs is 2. The van der Waals surface area contributed by atoms with Gasteiger partial charge in [0.15, 0.2) is 29.4 Å². The van der Waals surface area contributed by atoms with Gasteiger partial charge < -0.3 is 19.7 Å². The Morgan fingerprint density at radius 1 is 1.07 bits per heavy atom. The lowest BCUT2D eigenvalue weighted by Gasteiger charge is -2.33. The van der Waals surface area contributed by atoms with Gasteiger partial charge in [-0.2, -0.15) is 0 Å². The molecule has 0 radical (unpaired) electrons. The van der Waals surface area contributed by atoms with Crippen LogP contribution in [0.25, 0.3) is 10.8 Å². The molecule has 2 aliphatic rings. The number of aliphatic hydroxyl groups excluding tert-OH is 1. The summed E-state index contributed by atoms with van der Waals surface area (Å²) in [4.78, 5) is 49.9. The fourth-order valence-electron chi connectivity index (χ4n) is 3.78. The van der Waals surface area contributed by atoms with Gasteiger partial charge in [-0.25, -0.2) is 0 Å². The van der Waals surface area contributed by atoms with Gasteiger partial charge in [0, 0.05) is 29.7 Å². The maximum atomic E-state index is 13.2. The third-order valence-electron chi connectivity index (χ3n) is 5.07. The fourth-order valence-corrected chi connectivity index (χ4v) is 3.78. The van der Waals surface area contributed by atoms with Crippen LogP contribution in [0.1, 0.15) is 41.0 Å². The van der Waals surface area contributed by atoms with E-state index in [1.807, 2.05) is 0 Å². The number of phenols is 1. The summed E-state index contributed by atoms with van der Waals surface area (Å²) in [6.45, 7) is 2.39. The molecule has 2 aromatic rings. The molecule has 0 spiro atoms. The lowest BCUT2D eigenvalue weighted by atomic mass is 9.78. The molecular formula is C21H16O8. The molecule has 4 rings (SSSR count). The van der Waals surface area contributed by atoms with E-state index in [9.17, 15) is 29.4 Å². The number of aromatic hydroxyl groups is 1. The zero-order valence-electron chi connectivity index (χ0n) is 15.5. The Hall–Kier alpha value is -3.36. The van der Waals surface area contributed by atoms with Crippen molar-refractivity contribution in [3.05, 3.63) is 46.5 Å². The van der Waals surface area contributed by atoms with Crippen molar-refractivity contribution in [2.24, 2.45) is 0 Å². The SMILES string of the molecule is CC(=O)Oc1c2c(c(O)c3ccccc13)C(=O)C1=C(C2=O)[C@H](O)O[C@@H](C(C)=O)C1. The van der Waals surface area contributed by atoms with E-state index in [0.29, 0.717) is 0 Å². The molecule has 148 valence electrons. The maximum absolute atomic E-state index is 13.2. The first kappa shape index (κ1) is 19.0. The molecule has 0 saturated heterocycles. The predicted octanol–water partition coefficient (Wildman–Crippen LogP) is 1.84. The van der Waals surface area contributed by atoms with Gasteiger partial charge in [0.2, 0.25) is 0 Å². The number of phenolic OH excluding ortho intramolecular Hbond substituents is 1. The van der Waals surface area contributed by atoms with Gasteiger partial charge in [-0.3, -0.25) is 19.2 Å². The van der Waals surface area contributed by atoms with Crippen molar-refractivity contribution >= 4 is 34.1 Å². The highest BCUT2D eigenvalue weighted by atomic mass is 16.6. The van der Waals surface area contributed by atoms with Crippen molar-refractivity contribution in [1.29, 1.82) is 0 Å². The summed E-state index contributed by atoms with van der Waals surface area (Å²) >= 11 is 0. The highest BCUT2D eigenvalue weighted by Crippen LogP contribution is 2.46. The Kier molecular flexibility index (Phi) is 4.33. The topological polar surface area (TPSA) is 127 Å². The Bertz CT molecular complexity index is 1160. The molecule has 1 aliphatic heterocycles. The van der Waals surface area contributed by atoms with Crippen LogP contribution < -0.4 is 4.74 Å².